The molecule has 2 nitrogen and oxygen atoms in total. The Morgan fingerprint density at radius 3 is 2.86 bits per heavy atom. The predicted molar refractivity (Wildman–Crippen MR) is 58.8 cm³/mol. The number of benzene rings is 1. The van der Waals surface area contributed by atoms with E-state index in [2.05, 4.69) is 30.2 Å². The third kappa shape index (κ3) is 1.48. The van der Waals surface area contributed by atoms with Gasteiger partial charge in [0.05, 0.1) is 6.61 Å². The Morgan fingerprint density at radius 2 is 2.14 bits per heavy atom. The summed E-state index contributed by atoms with van der Waals surface area (Å²) in [5.41, 5.74) is 2.53. The maximum absolute atomic E-state index is 5.47. The lowest BCUT2D eigenvalue weighted by Gasteiger charge is -2.02. The van der Waals surface area contributed by atoms with Crippen molar-refractivity contribution in [2.24, 2.45) is 0 Å². The van der Waals surface area contributed by atoms with Crippen LogP contribution in [0, 0.1) is 0 Å². The van der Waals surface area contributed by atoms with Gasteiger partial charge in [0.25, 0.3) is 0 Å². The van der Waals surface area contributed by atoms with Crippen LogP contribution in [0.2, 0.25) is 0 Å². The van der Waals surface area contributed by atoms with Crippen molar-refractivity contribution in [1.29, 1.82) is 0 Å². The van der Waals surface area contributed by atoms with Crippen molar-refractivity contribution in [3.63, 3.8) is 0 Å². The molecule has 0 radical (unpaired) electrons. The Labute approximate surface area is 83.9 Å². The molecule has 2 heteroatoms. The molecule has 1 aromatic carbocycles. The van der Waals surface area contributed by atoms with Gasteiger partial charge < -0.3 is 9.72 Å². The average molecular weight is 189 g/mol. The quantitative estimate of drug-likeness (QED) is 0.788. The molecule has 0 aliphatic carbocycles. The number of ether oxygens (including phenoxy) is 1. The molecule has 0 spiro atoms. The Balaban J connectivity index is 2.50. The zero-order chi connectivity index (χ0) is 9.97. The van der Waals surface area contributed by atoms with Crippen LogP contribution < -0.4 is 4.74 Å². The van der Waals surface area contributed by atoms with Crippen molar-refractivity contribution in [3.05, 3.63) is 30.0 Å². The molecule has 2 rings (SSSR count). The minimum atomic E-state index is 0.720. The van der Waals surface area contributed by atoms with E-state index in [1.54, 1.807) is 0 Å². The monoisotopic (exact) mass is 189 g/mol. The summed E-state index contributed by atoms with van der Waals surface area (Å²) in [7, 11) is 0. The normalized spacial score (nSPS) is 10.7. The van der Waals surface area contributed by atoms with Crippen LogP contribution in [0.1, 0.15) is 19.4 Å². The lowest BCUT2D eigenvalue weighted by atomic mass is 10.1. The fraction of sp³-hybridized carbons (Fsp3) is 0.333. The Hall–Kier alpha value is -1.44. The third-order valence-corrected chi connectivity index (χ3v) is 2.43. The summed E-state index contributed by atoms with van der Waals surface area (Å²) in [6.45, 7) is 4.88. The van der Waals surface area contributed by atoms with E-state index in [0.29, 0.717) is 0 Å². The second kappa shape index (κ2) is 3.74. The summed E-state index contributed by atoms with van der Waals surface area (Å²) in [6.07, 6.45) is 3.12. The molecule has 1 N–H and O–H groups in total. The highest BCUT2D eigenvalue weighted by Gasteiger charge is 2.02. The van der Waals surface area contributed by atoms with Crippen LogP contribution in [0.25, 0.3) is 10.9 Å². The molecule has 74 valence electrons. The molecule has 0 aliphatic rings. The van der Waals surface area contributed by atoms with E-state index in [1.165, 1.54) is 16.5 Å². The first kappa shape index (κ1) is 9.13. The molecule has 2 aromatic rings. The van der Waals surface area contributed by atoms with E-state index in [-0.39, 0.29) is 0 Å². The van der Waals surface area contributed by atoms with Crippen molar-refractivity contribution in [1.82, 2.24) is 4.98 Å². The predicted octanol–water partition coefficient (Wildman–Crippen LogP) is 3.13. The Kier molecular flexibility index (Phi) is 2.44. The summed E-state index contributed by atoms with van der Waals surface area (Å²) in [5, 5.41) is 1.28. The number of nitrogens with one attached hydrogen (secondary N) is 1. The largest absolute Gasteiger partial charge is 0.494 e. The Morgan fingerprint density at radius 1 is 1.29 bits per heavy atom. The molecule has 0 atom stereocenters. The molecule has 1 heterocycles. The number of hydrogen-bond donors (Lipinski definition) is 1. The van der Waals surface area contributed by atoms with Crippen LogP contribution in [-0.4, -0.2) is 11.6 Å². The van der Waals surface area contributed by atoms with E-state index >= 15 is 0 Å². The highest BCUT2D eigenvalue weighted by atomic mass is 16.5. The molecule has 1 aromatic heterocycles. The molecule has 0 unspecified atom stereocenters. The average Bonchev–Trinajstić information content (AvgIpc) is 2.60. The Bertz CT molecular complexity index is 431. The molecule has 0 saturated heterocycles. The summed E-state index contributed by atoms with van der Waals surface area (Å²) < 4.78 is 5.47. The van der Waals surface area contributed by atoms with Crippen molar-refractivity contribution in [2.45, 2.75) is 20.3 Å². The van der Waals surface area contributed by atoms with E-state index in [1.807, 2.05) is 13.0 Å². The van der Waals surface area contributed by atoms with E-state index < -0.39 is 0 Å². The van der Waals surface area contributed by atoms with Gasteiger partial charge in [0.2, 0.25) is 0 Å². The molecular weight excluding hydrogens is 174 g/mol. The smallest absolute Gasteiger partial charge is 0.120 e. The maximum Gasteiger partial charge on any atom is 0.120 e. The highest BCUT2D eigenvalue weighted by molar-refractivity contribution is 5.84. The first-order valence-electron chi connectivity index (χ1n) is 5.08. The van der Waals surface area contributed by atoms with Crippen molar-refractivity contribution < 1.29 is 4.74 Å². The summed E-state index contributed by atoms with van der Waals surface area (Å²) in [6, 6.07) is 6.18. The van der Waals surface area contributed by atoms with Crippen LogP contribution in [0.3, 0.4) is 0 Å². The molecular formula is C12H15NO. The van der Waals surface area contributed by atoms with Gasteiger partial charge in [-0.25, -0.2) is 0 Å². The van der Waals surface area contributed by atoms with E-state index in [0.717, 1.165) is 18.8 Å². The lowest BCUT2D eigenvalue weighted by Crippen LogP contribution is -1.90. The summed E-state index contributed by atoms with van der Waals surface area (Å²) in [5.74, 6) is 0.953. The molecule has 0 bridgehead atoms. The maximum atomic E-state index is 5.47. The van der Waals surface area contributed by atoms with E-state index in [4.69, 9.17) is 4.74 Å². The van der Waals surface area contributed by atoms with Gasteiger partial charge in [-0.05, 0) is 37.1 Å². The van der Waals surface area contributed by atoms with Gasteiger partial charge >= 0.3 is 0 Å². The molecule has 0 amide bonds. The number of aryl methyl sites for hydroxylation is 1. The van der Waals surface area contributed by atoms with Gasteiger partial charge in [-0.1, -0.05) is 6.92 Å². The molecule has 0 fully saturated rings. The lowest BCUT2D eigenvalue weighted by molar-refractivity contribution is 0.340. The SMILES string of the molecule is CCOc1ccc2[nH]cc(CC)c2c1. The van der Waals surface area contributed by atoms with Gasteiger partial charge in [0.1, 0.15) is 5.75 Å². The second-order valence-electron chi connectivity index (χ2n) is 3.31. The number of aromatic amines is 1. The van der Waals surface area contributed by atoms with Crippen LogP contribution in [0.4, 0.5) is 0 Å². The van der Waals surface area contributed by atoms with Gasteiger partial charge in [0.15, 0.2) is 0 Å². The molecule has 14 heavy (non-hydrogen) atoms. The second-order valence-corrected chi connectivity index (χ2v) is 3.31. The van der Waals surface area contributed by atoms with E-state index in [9.17, 15) is 0 Å². The van der Waals surface area contributed by atoms with Crippen LogP contribution in [0.15, 0.2) is 24.4 Å². The first-order chi connectivity index (χ1) is 6.85. The number of hydrogen-bond acceptors (Lipinski definition) is 1. The van der Waals surface area contributed by atoms with Crippen molar-refractivity contribution >= 4 is 10.9 Å². The van der Waals surface area contributed by atoms with Crippen molar-refractivity contribution in [3.8, 4) is 5.75 Å². The first-order valence-corrected chi connectivity index (χ1v) is 5.08. The number of aromatic nitrogens is 1. The molecule has 0 saturated carbocycles. The highest BCUT2D eigenvalue weighted by Crippen LogP contribution is 2.23. The fourth-order valence-corrected chi connectivity index (χ4v) is 1.71. The number of fused-ring (bicyclic) bond motifs is 1. The van der Waals surface area contributed by atoms with Crippen molar-refractivity contribution in [2.75, 3.05) is 6.61 Å². The standard InChI is InChI=1S/C12H15NO/c1-3-9-8-13-12-6-5-10(14-4-2)7-11(9)12/h5-8,13H,3-4H2,1-2H3. The minimum absolute atomic E-state index is 0.720. The van der Waals surface area contributed by atoms with Gasteiger partial charge in [-0.3, -0.25) is 0 Å². The molecule has 0 aliphatic heterocycles. The third-order valence-electron chi connectivity index (χ3n) is 2.43. The number of rotatable bonds is 3. The zero-order valence-electron chi connectivity index (χ0n) is 8.63. The fourth-order valence-electron chi connectivity index (χ4n) is 1.71. The van der Waals surface area contributed by atoms with Crippen LogP contribution in [0.5, 0.6) is 5.75 Å². The van der Waals surface area contributed by atoms with Gasteiger partial charge in [-0.15, -0.1) is 0 Å². The summed E-state index contributed by atoms with van der Waals surface area (Å²) in [4.78, 5) is 3.25. The topological polar surface area (TPSA) is 25.0 Å². The zero-order valence-corrected chi connectivity index (χ0v) is 8.63. The minimum Gasteiger partial charge on any atom is -0.494 e. The number of H-pyrrole nitrogens is 1. The van der Waals surface area contributed by atoms with Crippen LogP contribution >= 0.6 is 0 Å². The van der Waals surface area contributed by atoms with Crippen LogP contribution in [-0.2, 0) is 6.42 Å². The van der Waals surface area contributed by atoms with Gasteiger partial charge in [-0.2, -0.15) is 0 Å². The summed E-state index contributed by atoms with van der Waals surface area (Å²) >= 11 is 0. The van der Waals surface area contributed by atoms with Gasteiger partial charge in [0, 0.05) is 17.1 Å².